The van der Waals surface area contributed by atoms with Crippen molar-refractivity contribution in [1.82, 2.24) is 5.32 Å². The van der Waals surface area contributed by atoms with Crippen LogP contribution in [-0.2, 0) is 19.1 Å². The third-order valence-corrected chi connectivity index (χ3v) is 5.82. The first-order valence-corrected chi connectivity index (χ1v) is 12.4. The SMILES string of the molecule is COC(=O)CCCCC(=O)N[C@@H](CSC/C=C(\C)CC/C=C(\C)CCC=C(C)C)C(=O)O. The number of aliphatic carboxylic acids is 1. The molecule has 2 N–H and O–H groups in total. The first-order chi connectivity index (χ1) is 15.1. The summed E-state index contributed by atoms with van der Waals surface area (Å²) < 4.78 is 4.55. The van der Waals surface area contributed by atoms with Crippen LogP contribution in [0.5, 0.6) is 0 Å². The quantitative estimate of drug-likeness (QED) is 0.168. The van der Waals surface area contributed by atoms with E-state index in [9.17, 15) is 19.5 Å². The molecule has 0 spiro atoms. The number of esters is 1. The molecule has 32 heavy (non-hydrogen) atoms. The van der Waals surface area contributed by atoms with E-state index in [4.69, 9.17) is 0 Å². The Bertz CT molecular complexity index is 678. The minimum atomic E-state index is -1.03. The average molecular weight is 468 g/mol. The smallest absolute Gasteiger partial charge is 0.327 e. The zero-order valence-corrected chi connectivity index (χ0v) is 21.2. The predicted molar refractivity (Wildman–Crippen MR) is 133 cm³/mol. The van der Waals surface area contributed by atoms with Crippen molar-refractivity contribution in [3.63, 3.8) is 0 Å². The lowest BCUT2D eigenvalue weighted by molar-refractivity contribution is -0.141. The topological polar surface area (TPSA) is 92.7 Å². The summed E-state index contributed by atoms with van der Waals surface area (Å²) in [6.07, 6.45) is 12.4. The zero-order chi connectivity index (χ0) is 24.4. The molecule has 0 rings (SSSR count). The normalized spacial score (nSPS) is 12.8. The van der Waals surface area contributed by atoms with Gasteiger partial charge in [-0.25, -0.2) is 4.79 Å². The largest absolute Gasteiger partial charge is 0.480 e. The van der Waals surface area contributed by atoms with Crippen LogP contribution in [-0.4, -0.2) is 47.6 Å². The Labute approximate surface area is 197 Å². The molecule has 0 aliphatic heterocycles. The lowest BCUT2D eigenvalue weighted by Crippen LogP contribution is -2.42. The van der Waals surface area contributed by atoms with E-state index in [1.54, 1.807) is 0 Å². The molecule has 0 saturated heterocycles. The molecular weight excluding hydrogens is 426 g/mol. The molecule has 0 heterocycles. The van der Waals surface area contributed by atoms with Gasteiger partial charge in [0, 0.05) is 24.3 Å². The number of hydrogen-bond donors (Lipinski definition) is 2. The number of thioether (sulfide) groups is 1. The summed E-state index contributed by atoms with van der Waals surface area (Å²) >= 11 is 1.49. The van der Waals surface area contributed by atoms with E-state index in [1.807, 2.05) is 0 Å². The molecule has 0 saturated carbocycles. The van der Waals surface area contributed by atoms with Crippen molar-refractivity contribution in [1.29, 1.82) is 0 Å². The third-order valence-electron chi connectivity index (χ3n) is 4.85. The van der Waals surface area contributed by atoms with Gasteiger partial charge in [-0.05, 0) is 66.2 Å². The summed E-state index contributed by atoms with van der Waals surface area (Å²) in [7, 11) is 1.33. The summed E-state index contributed by atoms with van der Waals surface area (Å²) in [6, 6.07) is -0.909. The molecule has 6 nitrogen and oxygen atoms in total. The molecule has 7 heteroatoms. The maximum Gasteiger partial charge on any atom is 0.327 e. The lowest BCUT2D eigenvalue weighted by Gasteiger charge is -2.14. The standard InChI is InChI=1S/C25H41NO5S/c1-19(2)10-8-11-20(3)12-9-13-21(4)16-17-32-18-22(25(29)30)26-23(27)14-6-7-15-24(28)31-5/h10,12,16,22H,6-9,11,13-15,17-18H2,1-5H3,(H,26,27)(H,29,30)/b20-12+,21-16+/t22-/m0/s1. The Morgan fingerprint density at radius 3 is 2.09 bits per heavy atom. The minimum Gasteiger partial charge on any atom is -0.480 e. The number of hydrogen-bond acceptors (Lipinski definition) is 5. The number of carboxylic acid groups (broad SMARTS) is 1. The van der Waals surface area contributed by atoms with Crippen LogP contribution in [0.4, 0.5) is 0 Å². The number of allylic oxidation sites excluding steroid dienone is 5. The van der Waals surface area contributed by atoms with Gasteiger partial charge in [0.1, 0.15) is 6.04 Å². The molecule has 0 aromatic carbocycles. The Kier molecular flexibility index (Phi) is 17.4. The predicted octanol–water partition coefficient (Wildman–Crippen LogP) is 5.44. The van der Waals surface area contributed by atoms with Gasteiger partial charge in [0.2, 0.25) is 5.91 Å². The van der Waals surface area contributed by atoms with E-state index >= 15 is 0 Å². The fourth-order valence-electron chi connectivity index (χ4n) is 2.82. The number of unbranched alkanes of at least 4 members (excludes halogenated alkanes) is 1. The van der Waals surface area contributed by atoms with Crippen molar-refractivity contribution in [2.75, 3.05) is 18.6 Å². The second-order valence-electron chi connectivity index (χ2n) is 8.24. The van der Waals surface area contributed by atoms with Gasteiger partial charge in [-0.2, -0.15) is 11.8 Å². The summed E-state index contributed by atoms with van der Waals surface area (Å²) in [5, 5.41) is 11.9. The molecule has 0 radical (unpaired) electrons. The maximum atomic E-state index is 12.0. The van der Waals surface area contributed by atoms with Gasteiger partial charge in [-0.15, -0.1) is 0 Å². The maximum absolute atomic E-state index is 12.0. The van der Waals surface area contributed by atoms with Crippen molar-refractivity contribution in [2.45, 2.75) is 85.1 Å². The highest BCUT2D eigenvalue weighted by Gasteiger charge is 2.19. The van der Waals surface area contributed by atoms with E-state index in [0.717, 1.165) is 25.7 Å². The first kappa shape index (κ1) is 30.0. The highest BCUT2D eigenvalue weighted by Crippen LogP contribution is 2.13. The van der Waals surface area contributed by atoms with Crippen LogP contribution >= 0.6 is 11.8 Å². The molecule has 0 aromatic rings. The van der Waals surface area contributed by atoms with Crippen molar-refractivity contribution < 1.29 is 24.2 Å². The van der Waals surface area contributed by atoms with Crippen molar-refractivity contribution in [3.05, 3.63) is 34.9 Å². The zero-order valence-electron chi connectivity index (χ0n) is 20.4. The Morgan fingerprint density at radius 1 is 0.906 bits per heavy atom. The number of amides is 1. The summed E-state index contributed by atoms with van der Waals surface area (Å²) in [4.78, 5) is 34.4. The van der Waals surface area contributed by atoms with Crippen LogP contribution in [0, 0.1) is 0 Å². The number of ether oxygens (including phenoxy) is 1. The first-order valence-electron chi connectivity index (χ1n) is 11.3. The Morgan fingerprint density at radius 2 is 1.50 bits per heavy atom. The number of carbonyl (C=O) groups excluding carboxylic acids is 2. The number of carboxylic acids is 1. The van der Waals surface area contributed by atoms with Crippen molar-refractivity contribution in [2.24, 2.45) is 0 Å². The van der Waals surface area contributed by atoms with E-state index in [2.05, 4.69) is 56.0 Å². The van der Waals surface area contributed by atoms with Crippen molar-refractivity contribution in [3.8, 4) is 0 Å². The summed E-state index contributed by atoms with van der Waals surface area (Å²) in [6.45, 7) is 8.51. The number of rotatable bonds is 17. The molecular formula is C25H41NO5S. The summed E-state index contributed by atoms with van der Waals surface area (Å²) in [5.41, 5.74) is 4.05. The van der Waals surface area contributed by atoms with Gasteiger partial charge in [0.15, 0.2) is 0 Å². The number of methoxy groups -OCH3 is 1. The Balaban J connectivity index is 4.18. The minimum absolute atomic E-state index is 0.200. The number of nitrogens with one attached hydrogen (secondary N) is 1. The summed E-state index contributed by atoms with van der Waals surface area (Å²) in [5.74, 6) is -0.611. The fourth-order valence-corrected chi connectivity index (χ4v) is 3.82. The van der Waals surface area contributed by atoms with E-state index in [-0.39, 0.29) is 24.7 Å². The van der Waals surface area contributed by atoms with Crippen LogP contribution in [0.15, 0.2) is 34.9 Å². The van der Waals surface area contributed by atoms with Gasteiger partial charge in [-0.1, -0.05) is 34.9 Å². The monoisotopic (exact) mass is 467 g/mol. The Hall–Kier alpha value is -2.02. The third kappa shape index (κ3) is 17.6. The molecule has 1 amide bonds. The number of carbonyl (C=O) groups is 3. The van der Waals surface area contributed by atoms with Crippen LogP contribution in [0.25, 0.3) is 0 Å². The van der Waals surface area contributed by atoms with Gasteiger partial charge < -0.3 is 15.2 Å². The van der Waals surface area contributed by atoms with Gasteiger partial charge in [0.25, 0.3) is 0 Å². The van der Waals surface area contributed by atoms with E-state index < -0.39 is 12.0 Å². The van der Waals surface area contributed by atoms with Crippen LogP contribution in [0.2, 0.25) is 0 Å². The highest BCUT2D eigenvalue weighted by molar-refractivity contribution is 7.99. The van der Waals surface area contributed by atoms with Crippen LogP contribution < -0.4 is 5.32 Å². The van der Waals surface area contributed by atoms with Crippen molar-refractivity contribution >= 4 is 29.6 Å². The van der Waals surface area contributed by atoms with Gasteiger partial charge in [0.05, 0.1) is 7.11 Å². The molecule has 0 fully saturated rings. The molecule has 1 atom stereocenters. The second-order valence-corrected chi connectivity index (χ2v) is 9.31. The van der Waals surface area contributed by atoms with Gasteiger partial charge >= 0.3 is 11.9 Å². The average Bonchev–Trinajstić information content (AvgIpc) is 2.72. The van der Waals surface area contributed by atoms with Crippen LogP contribution in [0.1, 0.15) is 79.1 Å². The van der Waals surface area contributed by atoms with E-state index in [0.29, 0.717) is 24.3 Å². The molecule has 0 aliphatic rings. The second kappa shape index (κ2) is 18.5. The molecule has 0 aromatic heterocycles. The lowest BCUT2D eigenvalue weighted by atomic mass is 10.1. The molecule has 0 unspecified atom stereocenters. The van der Waals surface area contributed by atoms with Gasteiger partial charge in [-0.3, -0.25) is 9.59 Å². The van der Waals surface area contributed by atoms with E-state index in [1.165, 1.54) is 35.6 Å². The molecule has 0 bridgehead atoms. The highest BCUT2D eigenvalue weighted by atomic mass is 32.2. The molecule has 182 valence electrons. The van der Waals surface area contributed by atoms with Crippen LogP contribution in [0.3, 0.4) is 0 Å². The molecule has 0 aliphatic carbocycles. The fraction of sp³-hybridized carbons (Fsp3) is 0.640.